The smallest absolute Gasteiger partial charge is 0.126 e. The van der Waals surface area contributed by atoms with E-state index in [1.807, 2.05) is 6.07 Å². The van der Waals surface area contributed by atoms with Crippen LogP contribution < -0.4 is 0 Å². The Kier molecular flexibility index (Phi) is 2.13. The molecule has 0 amide bonds. The van der Waals surface area contributed by atoms with Gasteiger partial charge in [0.15, 0.2) is 0 Å². The van der Waals surface area contributed by atoms with Crippen LogP contribution in [0.3, 0.4) is 0 Å². The highest BCUT2D eigenvalue weighted by molar-refractivity contribution is 5.55. The van der Waals surface area contributed by atoms with Crippen LogP contribution in [0.4, 0.5) is 4.39 Å². The van der Waals surface area contributed by atoms with Crippen molar-refractivity contribution in [2.24, 2.45) is 5.92 Å². The van der Waals surface area contributed by atoms with E-state index < -0.39 is 0 Å². The van der Waals surface area contributed by atoms with E-state index in [0.717, 1.165) is 23.8 Å². The van der Waals surface area contributed by atoms with E-state index in [-0.39, 0.29) is 11.7 Å². The molecule has 0 bridgehead atoms. The van der Waals surface area contributed by atoms with Gasteiger partial charge in [-0.1, -0.05) is 12.1 Å². The van der Waals surface area contributed by atoms with Crippen molar-refractivity contribution in [3.8, 4) is 0 Å². The topological polar surface area (TPSA) is 17.1 Å². The average Bonchev–Trinajstić information content (AvgIpc) is 2.18. The highest BCUT2D eigenvalue weighted by Gasteiger charge is 2.19. The number of halogens is 1. The van der Waals surface area contributed by atoms with Crippen LogP contribution in [-0.4, -0.2) is 6.29 Å². The molecule has 68 valence electrons. The first-order chi connectivity index (χ1) is 6.31. The van der Waals surface area contributed by atoms with Crippen LogP contribution in [0, 0.1) is 11.7 Å². The Balaban J connectivity index is 2.36. The molecule has 0 aliphatic heterocycles. The molecule has 0 saturated carbocycles. The number of carbonyl (C=O) groups is 1. The van der Waals surface area contributed by atoms with Crippen LogP contribution in [0.15, 0.2) is 18.2 Å². The Bertz CT molecular complexity index is 333. The summed E-state index contributed by atoms with van der Waals surface area (Å²) >= 11 is 0. The fraction of sp³-hybridized carbons (Fsp3) is 0.364. The predicted molar refractivity (Wildman–Crippen MR) is 48.0 cm³/mol. The van der Waals surface area contributed by atoms with E-state index in [4.69, 9.17) is 0 Å². The fourth-order valence-electron chi connectivity index (χ4n) is 1.90. The summed E-state index contributed by atoms with van der Waals surface area (Å²) in [6, 6.07) is 5.11. The van der Waals surface area contributed by atoms with E-state index in [9.17, 15) is 9.18 Å². The van der Waals surface area contributed by atoms with Gasteiger partial charge in [-0.25, -0.2) is 4.39 Å². The minimum atomic E-state index is -0.123. The molecule has 1 aromatic carbocycles. The average molecular weight is 178 g/mol. The molecule has 1 unspecified atom stereocenters. The number of hydrogen-bond donors (Lipinski definition) is 0. The van der Waals surface area contributed by atoms with Crippen LogP contribution in [0.25, 0.3) is 0 Å². The quantitative estimate of drug-likeness (QED) is 0.602. The van der Waals surface area contributed by atoms with Crippen LogP contribution in [0.2, 0.25) is 0 Å². The van der Waals surface area contributed by atoms with E-state index in [1.54, 1.807) is 6.07 Å². The van der Waals surface area contributed by atoms with E-state index in [0.29, 0.717) is 12.8 Å². The van der Waals surface area contributed by atoms with Crippen molar-refractivity contribution in [2.45, 2.75) is 19.3 Å². The number of hydrogen-bond acceptors (Lipinski definition) is 1. The molecule has 0 aromatic heterocycles. The number of fused-ring (bicyclic) bond motifs is 1. The molecule has 0 saturated heterocycles. The van der Waals surface area contributed by atoms with Gasteiger partial charge in [0.05, 0.1) is 0 Å². The van der Waals surface area contributed by atoms with Crippen LogP contribution >= 0.6 is 0 Å². The zero-order valence-corrected chi connectivity index (χ0v) is 7.29. The Morgan fingerprint density at radius 3 is 3.08 bits per heavy atom. The third-order valence-electron chi connectivity index (χ3n) is 2.66. The molecule has 0 spiro atoms. The number of aldehydes is 1. The van der Waals surface area contributed by atoms with Gasteiger partial charge in [-0.05, 0) is 36.5 Å². The lowest BCUT2D eigenvalue weighted by Gasteiger charge is -2.20. The number of benzene rings is 1. The maximum atomic E-state index is 13.2. The molecule has 2 rings (SSSR count). The Morgan fingerprint density at radius 2 is 2.31 bits per heavy atom. The molecule has 2 heteroatoms. The van der Waals surface area contributed by atoms with Crippen molar-refractivity contribution in [2.75, 3.05) is 0 Å². The van der Waals surface area contributed by atoms with Crippen molar-refractivity contribution < 1.29 is 9.18 Å². The molecule has 0 N–H and O–H groups in total. The molecule has 0 heterocycles. The van der Waals surface area contributed by atoms with Crippen molar-refractivity contribution in [3.05, 3.63) is 35.1 Å². The predicted octanol–water partition coefficient (Wildman–Crippen LogP) is 2.13. The van der Waals surface area contributed by atoms with Crippen LogP contribution in [0.1, 0.15) is 17.5 Å². The van der Waals surface area contributed by atoms with Crippen LogP contribution in [0.5, 0.6) is 0 Å². The summed E-state index contributed by atoms with van der Waals surface area (Å²) < 4.78 is 13.2. The summed E-state index contributed by atoms with van der Waals surface area (Å²) in [5.41, 5.74) is 1.81. The summed E-state index contributed by atoms with van der Waals surface area (Å²) in [7, 11) is 0. The van der Waals surface area contributed by atoms with E-state index in [2.05, 4.69) is 0 Å². The second kappa shape index (κ2) is 3.29. The molecule has 1 nitrogen and oxygen atoms in total. The molecule has 13 heavy (non-hydrogen) atoms. The van der Waals surface area contributed by atoms with Crippen molar-refractivity contribution >= 4 is 6.29 Å². The lowest BCUT2D eigenvalue weighted by molar-refractivity contribution is -0.111. The maximum Gasteiger partial charge on any atom is 0.126 e. The second-order valence-corrected chi connectivity index (χ2v) is 3.52. The fourth-order valence-corrected chi connectivity index (χ4v) is 1.90. The zero-order chi connectivity index (χ0) is 9.26. The first-order valence-corrected chi connectivity index (χ1v) is 4.53. The molecular weight excluding hydrogens is 167 g/mol. The van der Waals surface area contributed by atoms with Gasteiger partial charge in [-0.2, -0.15) is 0 Å². The van der Waals surface area contributed by atoms with E-state index in [1.165, 1.54) is 6.07 Å². The minimum absolute atomic E-state index is 0.0919. The molecule has 1 aromatic rings. The highest BCUT2D eigenvalue weighted by atomic mass is 19.1. The first-order valence-electron chi connectivity index (χ1n) is 4.53. The highest BCUT2D eigenvalue weighted by Crippen LogP contribution is 2.26. The van der Waals surface area contributed by atoms with Gasteiger partial charge in [-0.15, -0.1) is 0 Å². The van der Waals surface area contributed by atoms with Gasteiger partial charge in [0.1, 0.15) is 12.1 Å². The standard InChI is InChI=1S/C11H11FO/c12-11-3-1-2-9-6-8(7-13)4-5-10(9)11/h1-3,7-8H,4-6H2. The Morgan fingerprint density at radius 1 is 1.46 bits per heavy atom. The summed E-state index contributed by atoms with van der Waals surface area (Å²) in [5, 5.41) is 0. The van der Waals surface area contributed by atoms with Gasteiger partial charge in [0.25, 0.3) is 0 Å². The number of rotatable bonds is 1. The molecule has 0 fully saturated rings. The number of carbonyl (C=O) groups excluding carboxylic acids is 1. The first kappa shape index (κ1) is 8.42. The SMILES string of the molecule is O=CC1CCc2c(F)cccc2C1. The van der Waals surface area contributed by atoms with Gasteiger partial charge >= 0.3 is 0 Å². The molecular formula is C11H11FO. The normalized spacial score (nSPS) is 20.8. The van der Waals surface area contributed by atoms with E-state index >= 15 is 0 Å². The maximum absolute atomic E-state index is 13.2. The third kappa shape index (κ3) is 1.48. The van der Waals surface area contributed by atoms with Crippen molar-refractivity contribution in [1.29, 1.82) is 0 Å². The molecule has 1 aliphatic carbocycles. The van der Waals surface area contributed by atoms with Gasteiger partial charge in [0.2, 0.25) is 0 Å². The second-order valence-electron chi connectivity index (χ2n) is 3.52. The summed E-state index contributed by atoms with van der Waals surface area (Å²) in [4.78, 5) is 10.6. The molecule has 0 radical (unpaired) electrons. The Hall–Kier alpha value is -1.18. The molecule has 1 atom stereocenters. The lowest BCUT2D eigenvalue weighted by atomic mass is 9.84. The molecule has 1 aliphatic rings. The zero-order valence-electron chi connectivity index (χ0n) is 7.29. The third-order valence-corrected chi connectivity index (χ3v) is 2.66. The van der Waals surface area contributed by atoms with Crippen LogP contribution in [-0.2, 0) is 17.6 Å². The minimum Gasteiger partial charge on any atom is -0.303 e. The van der Waals surface area contributed by atoms with Crippen molar-refractivity contribution in [1.82, 2.24) is 0 Å². The summed E-state index contributed by atoms with van der Waals surface area (Å²) in [6.07, 6.45) is 3.17. The van der Waals surface area contributed by atoms with Gasteiger partial charge in [0, 0.05) is 5.92 Å². The summed E-state index contributed by atoms with van der Waals surface area (Å²) in [6.45, 7) is 0. The summed E-state index contributed by atoms with van der Waals surface area (Å²) in [5.74, 6) is -0.0313. The largest absolute Gasteiger partial charge is 0.303 e. The lowest BCUT2D eigenvalue weighted by Crippen LogP contribution is -2.16. The van der Waals surface area contributed by atoms with Gasteiger partial charge in [-0.3, -0.25) is 0 Å². The Labute approximate surface area is 76.6 Å². The van der Waals surface area contributed by atoms with Gasteiger partial charge < -0.3 is 4.79 Å². The monoisotopic (exact) mass is 178 g/mol. The van der Waals surface area contributed by atoms with Crippen molar-refractivity contribution in [3.63, 3.8) is 0 Å².